The summed E-state index contributed by atoms with van der Waals surface area (Å²) in [5.41, 5.74) is 1.54. The number of nitrogens with zero attached hydrogens (tertiary/aromatic N) is 2. The fourth-order valence-corrected chi connectivity index (χ4v) is 1.25. The lowest BCUT2D eigenvalue weighted by Gasteiger charge is -2.13. The van der Waals surface area contributed by atoms with Crippen LogP contribution in [0, 0.1) is 6.92 Å². The quantitative estimate of drug-likeness (QED) is 0.367. The van der Waals surface area contributed by atoms with Crippen molar-refractivity contribution in [3.8, 4) is 0 Å². The average Bonchev–Trinajstić information content (AvgIpc) is 2.25. The number of nitrogens with two attached hydrogens (primary N) is 1. The summed E-state index contributed by atoms with van der Waals surface area (Å²) in [5, 5.41) is 4.83. The standard InChI is InChI=1S/C12H15N3O2/c1-8-4-6-11(7-5-8)15(13)14-12(9(2)16)10(3)17/h4-7H,13H2,1-3H3. The fourth-order valence-electron chi connectivity index (χ4n) is 1.25. The Morgan fingerprint density at radius 2 is 1.59 bits per heavy atom. The normalized spacial score (nSPS) is 9.65. The van der Waals surface area contributed by atoms with Crippen LogP contribution in [0.25, 0.3) is 0 Å². The zero-order chi connectivity index (χ0) is 13.0. The minimum Gasteiger partial charge on any atom is -0.293 e. The lowest BCUT2D eigenvalue weighted by Crippen LogP contribution is -2.30. The average molecular weight is 233 g/mol. The second-order valence-electron chi connectivity index (χ2n) is 3.74. The maximum absolute atomic E-state index is 11.2. The Hall–Kier alpha value is -2.01. The van der Waals surface area contributed by atoms with Gasteiger partial charge < -0.3 is 0 Å². The highest BCUT2D eigenvalue weighted by Gasteiger charge is 2.13. The minimum absolute atomic E-state index is 0.159. The molecule has 17 heavy (non-hydrogen) atoms. The summed E-state index contributed by atoms with van der Waals surface area (Å²) in [6.07, 6.45) is 0. The Balaban J connectivity index is 3.00. The van der Waals surface area contributed by atoms with Crippen molar-refractivity contribution >= 4 is 23.0 Å². The molecule has 0 fully saturated rings. The third kappa shape index (κ3) is 3.49. The summed E-state index contributed by atoms with van der Waals surface area (Å²) < 4.78 is 0. The third-order valence-electron chi connectivity index (χ3n) is 2.17. The van der Waals surface area contributed by atoms with E-state index in [2.05, 4.69) is 5.10 Å². The van der Waals surface area contributed by atoms with E-state index in [4.69, 9.17) is 5.84 Å². The van der Waals surface area contributed by atoms with Crippen LogP contribution in [-0.4, -0.2) is 17.3 Å². The number of rotatable bonds is 4. The number of benzene rings is 1. The maximum atomic E-state index is 11.2. The fraction of sp³-hybridized carbons (Fsp3) is 0.250. The molecule has 0 aliphatic carbocycles. The first-order chi connectivity index (χ1) is 7.91. The van der Waals surface area contributed by atoms with Gasteiger partial charge in [-0.3, -0.25) is 9.59 Å². The highest BCUT2D eigenvalue weighted by molar-refractivity contribution is 6.65. The van der Waals surface area contributed by atoms with Crippen molar-refractivity contribution in [3.63, 3.8) is 0 Å². The van der Waals surface area contributed by atoms with Gasteiger partial charge in [0.25, 0.3) is 0 Å². The number of aryl methyl sites for hydroxylation is 1. The van der Waals surface area contributed by atoms with Gasteiger partial charge in [0.1, 0.15) is 0 Å². The molecule has 0 saturated carbocycles. The summed E-state index contributed by atoms with van der Waals surface area (Å²) in [6.45, 7) is 4.51. The van der Waals surface area contributed by atoms with Crippen molar-refractivity contribution in [1.29, 1.82) is 0 Å². The number of hydrogen-bond acceptors (Lipinski definition) is 5. The van der Waals surface area contributed by atoms with Crippen molar-refractivity contribution in [2.45, 2.75) is 20.8 Å². The molecule has 0 aromatic heterocycles. The number of carbonyl (C=O) groups is 2. The first kappa shape index (κ1) is 13.1. The first-order valence-corrected chi connectivity index (χ1v) is 5.14. The van der Waals surface area contributed by atoms with Crippen LogP contribution < -0.4 is 11.0 Å². The smallest absolute Gasteiger partial charge is 0.183 e. The molecule has 1 aromatic rings. The molecule has 0 saturated heterocycles. The Bertz CT molecular complexity index is 447. The van der Waals surface area contributed by atoms with E-state index in [1.807, 2.05) is 19.1 Å². The molecule has 0 aliphatic heterocycles. The maximum Gasteiger partial charge on any atom is 0.183 e. The van der Waals surface area contributed by atoms with E-state index in [9.17, 15) is 9.59 Å². The molecule has 0 heterocycles. The predicted molar refractivity (Wildman–Crippen MR) is 66.6 cm³/mol. The van der Waals surface area contributed by atoms with Gasteiger partial charge in [0.15, 0.2) is 17.3 Å². The molecule has 0 radical (unpaired) electrons. The zero-order valence-electron chi connectivity index (χ0n) is 10.1. The van der Waals surface area contributed by atoms with Crippen LogP contribution in [0.5, 0.6) is 0 Å². The van der Waals surface area contributed by atoms with Crippen molar-refractivity contribution in [2.24, 2.45) is 10.9 Å². The molecular weight excluding hydrogens is 218 g/mol. The molecule has 2 N–H and O–H groups in total. The number of anilines is 1. The summed E-state index contributed by atoms with van der Waals surface area (Å²) in [4.78, 5) is 22.3. The topological polar surface area (TPSA) is 75.8 Å². The summed E-state index contributed by atoms with van der Waals surface area (Å²) in [6, 6.07) is 7.26. The molecule has 0 unspecified atom stereocenters. The third-order valence-corrected chi connectivity index (χ3v) is 2.17. The molecule has 90 valence electrons. The number of hydrogen-bond donors (Lipinski definition) is 1. The lowest BCUT2D eigenvalue weighted by atomic mass is 10.2. The van der Waals surface area contributed by atoms with Gasteiger partial charge in [-0.1, -0.05) is 17.7 Å². The molecule has 0 spiro atoms. The number of Topliss-reactive ketones (excluding diaryl/α,β-unsaturated/α-hetero) is 2. The Morgan fingerprint density at radius 3 is 2.00 bits per heavy atom. The molecule has 5 heteroatoms. The van der Waals surface area contributed by atoms with Gasteiger partial charge in [-0.25, -0.2) is 5.84 Å². The van der Waals surface area contributed by atoms with Crippen LogP contribution in [0.2, 0.25) is 0 Å². The Labute approximate surface area is 99.9 Å². The minimum atomic E-state index is -0.403. The van der Waals surface area contributed by atoms with E-state index in [1.165, 1.54) is 13.8 Å². The van der Waals surface area contributed by atoms with Gasteiger partial charge in [-0.05, 0) is 19.1 Å². The van der Waals surface area contributed by atoms with Gasteiger partial charge >= 0.3 is 0 Å². The molecule has 1 aromatic carbocycles. The molecule has 0 aliphatic rings. The van der Waals surface area contributed by atoms with Gasteiger partial charge in [-0.15, -0.1) is 5.10 Å². The van der Waals surface area contributed by atoms with Crippen LogP contribution in [0.3, 0.4) is 0 Å². The highest BCUT2D eigenvalue weighted by atomic mass is 16.1. The van der Waals surface area contributed by atoms with E-state index in [1.54, 1.807) is 12.1 Å². The molecule has 0 amide bonds. The molecule has 5 nitrogen and oxygen atoms in total. The molecule has 0 atom stereocenters. The highest BCUT2D eigenvalue weighted by Crippen LogP contribution is 2.12. The van der Waals surface area contributed by atoms with E-state index in [-0.39, 0.29) is 5.71 Å². The molecular formula is C12H15N3O2. The number of ketones is 2. The van der Waals surface area contributed by atoms with Gasteiger partial charge in [0.05, 0.1) is 5.69 Å². The van der Waals surface area contributed by atoms with Crippen LogP contribution >= 0.6 is 0 Å². The lowest BCUT2D eigenvalue weighted by molar-refractivity contribution is -0.114. The number of hydrazine groups is 1. The van der Waals surface area contributed by atoms with E-state index < -0.39 is 11.6 Å². The van der Waals surface area contributed by atoms with Gasteiger partial charge in [0.2, 0.25) is 0 Å². The van der Waals surface area contributed by atoms with Crippen molar-refractivity contribution in [3.05, 3.63) is 29.8 Å². The summed E-state index contributed by atoms with van der Waals surface area (Å²) >= 11 is 0. The van der Waals surface area contributed by atoms with Crippen LogP contribution in [0.1, 0.15) is 19.4 Å². The molecule has 1 rings (SSSR count). The second kappa shape index (κ2) is 5.36. The Morgan fingerprint density at radius 1 is 1.12 bits per heavy atom. The first-order valence-electron chi connectivity index (χ1n) is 5.14. The second-order valence-corrected chi connectivity index (χ2v) is 3.74. The Kier molecular flexibility index (Phi) is 4.12. The van der Waals surface area contributed by atoms with Gasteiger partial charge in [0, 0.05) is 13.8 Å². The van der Waals surface area contributed by atoms with E-state index >= 15 is 0 Å². The SMILES string of the molecule is CC(=O)C(=NN(N)c1ccc(C)cc1)C(C)=O. The van der Waals surface area contributed by atoms with E-state index in [0.29, 0.717) is 5.69 Å². The predicted octanol–water partition coefficient (Wildman–Crippen LogP) is 1.21. The largest absolute Gasteiger partial charge is 0.293 e. The van der Waals surface area contributed by atoms with Gasteiger partial charge in [-0.2, -0.15) is 5.12 Å². The van der Waals surface area contributed by atoms with Crippen molar-refractivity contribution in [2.75, 3.05) is 5.12 Å². The summed E-state index contributed by atoms with van der Waals surface area (Å²) in [7, 11) is 0. The molecule has 0 bridgehead atoms. The van der Waals surface area contributed by atoms with Crippen molar-refractivity contribution < 1.29 is 9.59 Å². The van der Waals surface area contributed by atoms with E-state index in [0.717, 1.165) is 10.7 Å². The van der Waals surface area contributed by atoms with Crippen LogP contribution in [0.4, 0.5) is 5.69 Å². The van der Waals surface area contributed by atoms with Crippen molar-refractivity contribution in [1.82, 2.24) is 0 Å². The zero-order valence-corrected chi connectivity index (χ0v) is 10.1. The monoisotopic (exact) mass is 233 g/mol. The number of carbonyl (C=O) groups excluding carboxylic acids is 2. The summed E-state index contributed by atoms with van der Waals surface area (Å²) in [5.74, 6) is 4.86. The number of hydrazone groups is 1. The van der Waals surface area contributed by atoms with Crippen LogP contribution in [-0.2, 0) is 9.59 Å². The van der Waals surface area contributed by atoms with Crippen LogP contribution in [0.15, 0.2) is 29.4 Å².